The summed E-state index contributed by atoms with van der Waals surface area (Å²) in [6.45, 7) is 4.80. The molecule has 2 rings (SSSR count). The SMILES string of the molecule is CCNC(=NCc1cccc(C(=O)NC)c1)NCCOC1CCCCCC1. The van der Waals surface area contributed by atoms with Gasteiger partial charge in [-0.2, -0.15) is 0 Å². The van der Waals surface area contributed by atoms with Crippen molar-refractivity contribution in [2.45, 2.75) is 58.1 Å². The van der Waals surface area contributed by atoms with Gasteiger partial charge < -0.3 is 20.7 Å². The molecule has 0 aliphatic heterocycles. The number of carbonyl (C=O) groups is 1. The molecule has 3 N–H and O–H groups in total. The van der Waals surface area contributed by atoms with Gasteiger partial charge >= 0.3 is 0 Å². The van der Waals surface area contributed by atoms with Crippen LogP contribution in [0.1, 0.15) is 61.4 Å². The van der Waals surface area contributed by atoms with Gasteiger partial charge in [-0.1, -0.05) is 37.8 Å². The van der Waals surface area contributed by atoms with Gasteiger partial charge in [-0.05, 0) is 37.5 Å². The van der Waals surface area contributed by atoms with E-state index in [9.17, 15) is 4.79 Å². The van der Waals surface area contributed by atoms with Crippen LogP contribution in [-0.4, -0.2) is 44.7 Å². The molecule has 1 aromatic rings. The van der Waals surface area contributed by atoms with Crippen LogP contribution in [0.15, 0.2) is 29.3 Å². The predicted molar refractivity (Wildman–Crippen MR) is 110 cm³/mol. The van der Waals surface area contributed by atoms with Gasteiger partial charge in [0.15, 0.2) is 5.96 Å². The molecule has 6 nitrogen and oxygen atoms in total. The van der Waals surface area contributed by atoms with Gasteiger partial charge in [0.05, 0.1) is 19.3 Å². The van der Waals surface area contributed by atoms with Gasteiger partial charge in [0, 0.05) is 25.7 Å². The van der Waals surface area contributed by atoms with Crippen LogP contribution >= 0.6 is 0 Å². The third-order valence-electron chi connectivity index (χ3n) is 4.73. The lowest BCUT2D eigenvalue weighted by molar-refractivity contribution is 0.0468. The number of guanidine groups is 1. The van der Waals surface area contributed by atoms with Crippen LogP contribution in [-0.2, 0) is 11.3 Å². The fraction of sp³-hybridized carbons (Fsp3) is 0.619. The van der Waals surface area contributed by atoms with E-state index in [1.54, 1.807) is 13.1 Å². The molecule has 0 heterocycles. The highest BCUT2D eigenvalue weighted by Gasteiger charge is 2.12. The van der Waals surface area contributed by atoms with E-state index in [0.717, 1.165) is 24.6 Å². The Kier molecular flexibility index (Phi) is 9.69. The number of aliphatic imine (C=N–C) groups is 1. The van der Waals surface area contributed by atoms with Crippen LogP contribution in [0, 0.1) is 0 Å². The molecule has 0 aromatic heterocycles. The zero-order valence-electron chi connectivity index (χ0n) is 16.7. The van der Waals surface area contributed by atoms with Gasteiger partial charge in [-0.15, -0.1) is 0 Å². The average molecular weight is 375 g/mol. The summed E-state index contributed by atoms with van der Waals surface area (Å²) in [4.78, 5) is 16.4. The molecule has 0 unspecified atom stereocenters. The van der Waals surface area contributed by atoms with Crippen molar-refractivity contribution in [2.24, 2.45) is 4.99 Å². The molecule has 1 saturated carbocycles. The Morgan fingerprint density at radius 3 is 2.67 bits per heavy atom. The minimum absolute atomic E-state index is 0.0819. The highest BCUT2D eigenvalue weighted by Crippen LogP contribution is 2.19. The standard InChI is InChI=1S/C21H34N4O2/c1-3-23-21(24-13-14-27-19-11-6-4-5-7-12-19)25-16-17-9-8-10-18(15-17)20(26)22-2/h8-10,15,19H,3-7,11-14,16H2,1-2H3,(H,22,26)(H2,23,24,25). The molecule has 1 aliphatic carbocycles. The van der Waals surface area contributed by atoms with Crippen LogP contribution in [0.2, 0.25) is 0 Å². The molecule has 0 radical (unpaired) electrons. The van der Waals surface area contributed by atoms with E-state index in [2.05, 4.69) is 20.9 Å². The first kappa shape index (κ1) is 21.2. The second-order valence-electron chi connectivity index (χ2n) is 6.89. The van der Waals surface area contributed by atoms with Crippen LogP contribution in [0.25, 0.3) is 0 Å². The summed E-state index contributed by atoms with van der Waals surface area (Å²) in [7, 11) is 1.64. The lowest BCUT2D eigenvalue weighted by Crippen LogP contribution is -2.39. The lowest BCUT2D eigenvalue weighted by atomic mass is 10.1. The van der Waals surface area contributed by atoms with Crippen LogP contribution in [0.3, 0.4) is 0 Å². The van der Waals surface area contributed by atoms with Gasteiger partial charge in [0.25, 0.3) is 5.91 Å². The van der Waals surface area contributed by atoms with Gasteiger partial charge in [-0.3, -0.25) is 4.79 Å². The van der Waals surface area contributed by atoms with Crippen LogP contribution in [0.5, 0.6) is 0 Å². The molecule has 1 amide bonds. The molecule has 0 saturated heterocycles. The number of hydrogen-bond donors (Lipinski definition) is 3. The first-order chi connectivity index (χ1) is 13.2. The summed E-state index contributed by atoms with van der Waals surface area (Å²) in [6, 6.07) is 7.55. The number of nitrogens with one attached hydrogen (secondary N) is 3. The average Bonchev–Trinajstić information content (AvgIpc) is 2.97. The maximum absolute atomic E-state index is 11.7. The van der Waals surface area contributed by atoms with Crippen molar-refractivity contribution in [3.63, 3.8) is 0 Å². The predicted octanol–water partition coefficient (Wildman–Crippen LogP) is 2.84. The quantitative estimate of drug-likeness (QED) is 0.283. The smallest absolute Gasteiger partial charge is 0.251 e. The number of nitrogens with zero attached hydrogens (tertiary/aromatic N) is 1. The number of hydrogen-bond acceptors (Lipinski definition) is 3. The minimum atomic E-state index is -0.0819. The summed E-state index contributed by atoms with van der Waals surface area (Å²) in [5.74, 6) is 0.689. The van der Waals surface area contributed by atoms with E-state index in [0.29, 0.717) is 24.8 Å². The second kappa shape index (κ2) is 12.3. The van der Waals surface area contributed by atoms with Crippen LogP contribution in [0.4, 0.5) is 0 Å². The zero-order valence-corrected chi connectivity index (χ0v) is 16.7. The monoisotopic (exact) mass is 374 g/mol. The molecule has 1 aliphatic rings. The van der Waals surface area contributed by atoms with Crippen molar-refractivity contribution in [3.8, 4) is 0 Å². The van der Waals surface area contributed by atoms with E-state index in [1.165, 1.54) is 38.5 Å². The molecule has 6 heteroatoms. The van der Waals surface area contributed by atoms with E-state index in [1.807, 2.05) is 25.1 Å². The molecular weight excluding hydrogens is 340 g/mol. The molecule has 27 heavy (non-hydrogen) atoms. The minimum Gasteiger partial charge on any atom is -0.376 e. The van der Waals surface area contributed by atoms with Gasteiger partial charge in [-0.25, -0.2) is 4.99 Å². The van der Waals surface area contributed by atoms with Gasteiger partial charge in [0.2, 0.25) is 0 Å². The summed E-state index contributed by atoms with van der Waals surface area (Å²) in [6.07, 6.45) is 8.06. The highest BCUT2D eigenvalue weighted by molar-refractivity contribution is 5.94. The summed E-state index contributed by atoms with van der Waals surface area (Å²) < 4.78 is 6.02. The lowest BCUT2D eigenvalue weighted by Gasteiger charge is -2.16. The van der Waals surface area contributed by atoms with Crippen molar-refractivity contribution in [1.29, 1.82) is 0 Å². The third kappa shape index (κ3) is 7.99. The molecule has 0 bridgehead atoms. The molecule has 0 spiro atoms. The number of ether oxygens (including phenoxy) is 1. The van der Waals surface area contributed by atoms with Crippen molar-refractivity contribution in [2.75, 3.05) is 26.7 Å². The Hall–Kier alpha value is -2.08. The number of benzene rings is 1. The first-order valence-corrected chi connectivity index (χ1v) is 10.2. The van der Waals surface area contributed by atoms with Crippen molar-refractivity contribution in [1.82, 2.24) is 16.0 Å². The largest absolute Gasteiger partial charge is 0.376 e. The second-order valence-corrected chi connectivity index (χ2v) is 6.89. The summed E-state index contributed by atoms with van der Waals surface area (Å²) in [5.41, 5.74) is 1.66. The Bertz CT molecular complexity index is 596. The third-order valence-corrected chi connectivity index (χ3v) is 4.73. The summed E-state index contributed by atoms with van der Waals surface area (Å²) >= 11 is 0. The highest BCUT2D eigenvalue weighted by atomic mass is 16.5. The Morgan fingerprint density at radius 2 is 1.96 bits per heavy atom. The molecule has 150 valence electrons. The summed E-state index contributed by atoms with van der Waals surface area (Å²) in [5, 5.41) is 9.23. The fourth-order valence-electron chi connectivity index (χ4n) is 3.27. The normalized spacial score (nSPS) is 15.9. The maximum atomic E-state index is 11.7. The molecular formula is C21H34N4O2. The van der Waals surface area contributed by atoms with E-state index in [-0.39, 0.29) is 5.91 Å². The maximum Gasteiger partial charge on any atom is 0.251 e. The fourth-order valence-corrected chi connectivity index (χ4v) is 3.27. The number of carbonyl (C=O) groups excluding carboxylic acids is 1. The zero-order chi connectivity index (χ0) is 19.3. The Morgan fingerprint density at radius 1 is 1.19 bits per heavy atom. The van der Waals surface area contributed by atoms with Crippen LogP contribution < -0.4 is 16.0 Å². The van der Waals surface area contributed by atoms with E-state index >= 15 is 0 Å². The van der Waals surface area contributed by atoms with Crippen molar-refractivity contribution < 1.29 is 9.53 Å². The molecule has 0 atom stereocenters. The Balaban J connectivity index is 1.80. The van der Waals surface area contributed by atoms with E-state index in [4.69, 9.17) is 4.74 Å². The Labute approximate surface area is 163 Å². The van der Waals surface area contributed by atoms with Gasteiger partial charge in [0.1, 0.15) is 0 Å². The molecule has 1 fully saturated rings. The van der Waals surface area contributed by atoms with Crippen molar-refractivity contribution >= 4 is 11.9 Å². The molecule has 1 aromatic carbocycles. The first-order valence-electron chi connectivity index (χ1n) is 10.2. The number of rotatable bonds is 8. The number of amides is 1. The topological polar surface area (TPSA) is 74.8 Å². The van der Waals surface area contributed by atoms with E-state index < -0.39 is 0 Å². The van der Waals surface area contributed by atoms with Crippen molar-refractivity contribution in [3.05, 3.63) is 35.4 Å².